The van der Waals surface area contributed by atoms with Crippen LogP contribution in [0.1, 0.15) is 21.5 Å². The van der Waals surface area contributed by atoms with Gasteiger partial charge < -0.3 is 4.90 Å². The van der Waals surface area contributed by atoms with Gasteiger partial charge in [-0.25, -0.2) is 8.42 Å². The summed E-state index contributed by atoms with van der Waals surface area (Å²) in [5, 5.41) is 0. The Kier molecular flexibility index (Phi) is 4.65. The van der Waals surface area contributed by atoms with Crippen molar-refractivity contribution in [3.05, 3.63) is 89.5 Å². The van der Waals surface area contributed by atoms with E-state index in [1.54, 1.807) is 53.4 Å². The van der Waals surface area contributed by atoms with Crippen molar-refractivity contribution in [3.8, 4) is 0 Å². The van der Waals surface area contributed by atoms with E-state index in [1.807, 2.05) is 31.2 Å². The minimum absolute atomic E-state index is 0.159. The highest BCUT2D eigenvalue weighted by Crippen LogP contribution is 2.31. The van der Waals surface area contributed by atoms with Crippen LogP contribution in [0.3, 0.4) is 0 Å². The Bertz CT molecular complexity index is 1140. The van der Waals surface area contributed by atoms with E-state index < -0.39 is 10.0 Å². The Balaban J connectivity index is 1.66. The van der Waals surface area contributed by atoms with Crippen molar-refractivity contribution in [2.24, 2.45) is 0 Å². The first-order valence-corrected chi connectivity index (χ1v) is 10.5. The molecular weight excluding hydrogens is 372 g/mol. The molecule has 6 heteroatoms. The molecule has 28 heavy (non-hydrogen) atoms. The molecule has 142 valence electrons. The molecule has 1 N–H and O–H groups in total. The van der Waals surface area contributed by atoms with E-state index in [4.69, 9.17) is 0 Å². The Labute approximate surface area is 164 Å². The standard InChI is InChI=1S/C22H20N2O3S/c1-16-10-12-18(13-11-16)28(26,27)23-20-8-4-3-7-19(20)22(25)24-15-14-17-6-2-5-9-21(17)24/h2-13,23H,14-15H2,1H3. The minimum Gasteiger partial charge on any atom is -0.308 e. The predicted octanol–water partition coefficient (Wildman–Crippen LogP) is 4.00. The number of nitrogens with one attached hydrogen (secondary N) is 1. The Morgan fingerprint density at radius 1 is 0.929 bits per heavy atom. The minimum atomic E-state index is -3.79. The van der Waals surface area contributed by atoms with Gasteiger partial charge in [0.05, 0.1) is 16.1 Å². The second kappa shape index (κ2) is 7.13. The largest absolute Gasteiger partial charge is 0.308 e. The first kappa shape index (κ1) is 18.3. The Morgan fingerprint density at radius 3 is 2.39 bits per heavy atom. The van der Waals surface area contributed by atoms with E-state index >= 15 is 0 Å². The molecule has 0 radical (unpaired) electrons. The Hall–Kier alpha value is -3.12. The average molecular weight is 392 g/mol. The van der Waals surface area contributed by atoms with Crippen molar-refractivity contribution in [1.82, 2.24) is 0 Å². The lowest BCUT2D eigenvalue weighted by atomic mass is 10.1. The number of amides is 1. The number of benzene rings is 3. The highest BCUT2D eigenvalue weighted by atomic mass is 32.2. The lowest BCUT2D eigenvalue weighted by Gasteiger charge is -2.20. The summed E-state index contributed by atoms with van der Waals surface area (Å²) in [4.78, 5) is 15.1. The van der Waals surface area contributed by atoms with Crippen molar-refractivity contribution in [1.29, 1.82) is 0 Å². The van der Waals surface area contributed by atoms with Crippen molar-refractivity contribution >= 4 is 27.3 Å². The smallest absolute Gasteiger partial charge is 0.261 e. The molecule has 1 aliphatic rings. The number of carbonyl (C=O) groups is 1. The van der Waals surface area contributed by atoms with Crippen molar-refractivity contribution in [3.63, 3.8) is 0 Å². The number of hydrogen-bond acceptors (Lipinski definition) is 3. The van der Waals surface area contributed by atoms with Gasteiger partial charge in [0.2, 0.25) is 0 Å². The molecule has 0 saturated heterocycles. The molecule has 5 nitrogen and oxygen atoms in total. The van der Waals surface area contributed by atoms with Crippen LogP contribution in [0, 0.1) is 6.92 Å². The number of aryl methyl sites for hydroxylation is 1. The molecule has 1 heterocycles. The molecule has 0 fully saturated rings. The number of nitrogens with zero attached hydrogens (tertiary/aromatic N) is 1. The quantitative estimate of drug-likeness (QED) is 0.730. The van der Waals surface area contributed by atoms with Crippen LogP contribution < -0.4 is 9.62 Å². The molecule has 0 aromatic heterocycles. The maximum absolute atomic E-state index is 13.2. The van der Waals surface area contributed by atoms with Gasteiger partial charge in [-0.05, 0) is 49.2 Å². The first-order valence-electron chi connectivity index (χ1n) is 9.04. The summed E-state index contributed by atoms with van der Waals surface area (Å²) in [5.41, 5.74) is 3.58. The molecule has 1 amide bonds. The molecule has 0 spiro atoms. The average Bonchev–Trinajstić information content (AvgIpc) is 3.12. The molecule has 1 aliphatic heterocycles. The second-order valence-electron chi connectivity index (χ2n) is 6.80. The molecular formula is C22H20N2O3S. The zero-order chi connectivity index (χ0) is 19.7. The third-order valence-corrected chi connectivity index (χ3v) is 6.25. The molecule has 0 bridgehead atoms. The van der Waals surface area contributed by atoms with Gasteiger partial charge in [0, 0.05) is 12.2 Å². The van der Waals surface area contributed by atoms with Gasteiger partial charge in [0.1, 0.15) is 0 Å². The summed E-state index contributed by atoms with van der Waals surface area (Å²) in [6.45, 7) is 2.48. The molecule has 3 aromatic rings. The number of sulfonamides is 1. The van der Waals surface area contributed by atoms with E-state index in [2.05, 4.69) is 4.72 Å². The monoisotopic (exact) mass is 392 g/mol. The van der Waals surface area contributed by atoms with Crippen molar-refractivity contribution < 1.29 is 13.2 Å². The number of fused-ring (bicyclic) bond motifs is 1. The second-order valence-corrected chi connectivity index (χ2v) is 8.48. The van der Waals surface area contributed by atoms with Crippen LogP contribution in [0.25, 0.3) is 0 Å². The van der Waals surface area contributed by atoms with Gasteiger partial charge in [-0.1, -0.05) is 48.0 Å². The van der Waals surface area contributed by atoms with Crippen LogP contribution in [-0.4, -0.2) is 20.9 Å². The molecule has 0 saturated carbocycles. The van der Waals surface area contributed by atoms with Gasteiger partial charge in [-0.3, -0.25) is 9.52 Å². The maximum Gasteiger partial charge on any atom is 0.261 e. The van der Waals surface area contributed by atoms with Crippen LogP contribution in [-0.2, 0) is 16.4 Å². The van der Waals surface area contributed by atoms with E-state index in [9.17, 15) is 13.2 Å². The van der Waals surface area contributed by atoms with Gasteiger partial charge in [-0.15, -0.1) is 0 Å². The summed E-state index contributed by atoms with van der Waals surface area (Å²) < 4.78 is 28.1. The molecule has 0 aliphatic carbocycles. The van der Waals surface area contributed by atoms with Gasteiger partial charge in [-0.2, -0.15) is 0 Å². The van der Waals surface area contributed by atoms with Crippen LogP contribution in [0.4, 0.5) is 11.4 Å². The number of anilines is 2. The predicted molar refractivity (Wildman–Crippen MR) is 110 cm³/mol. The summed E-state index contributed by atoms with van der Waals surface area (Å²) >= 11 is 0. The van der Waals surface area contributed by atoms with Crippen LogP contribution in [0.5, 0.6) is 0 Å². The van der Waals surface area contributed by atoms with Crippen molar-refractivity contribution in [2.45, 2.75) is 18.2 Å². The number of rotatable bonds is 4. The van der Waals surface area contributed by atoms with E-state index in [1.165, 1.54) is 0 Å². The lowest BCUT2D eigenvalue weighted by molar-refractivity contribution is 0.0990. The SMILES string of the molecule is Cc1ccc(S(=O)(=O)Nc2ccccc2C(=O)N2CCc3ccccc32)cc1. The van der Waals surface area contributed by atoms with E-state index in [0.717, 1.165) is 23.2 Å². The van der Waals surface area contributed by atoms with E-state index in [0.29, 0.717) is 12.1 Å². The van der Waals surface area contributed by atoms with Crippen LogP contribution in [0.2, 0.25) is 0 Å². The molecule has 0 unspecified atom stereocenters. The number of para-hydroxylation sites is 2. The molecule has 4 rings (SSSR count). The third kappa shape index (κ3) is 3.39. The highest BCUT2D eigenvalue weighted by molar-refractivity contribution is 7.92. The van der Waals surface area contributed by atoms with E-state index in [-0.39, 0.29) is 16.5 Å². The summed E-state index contributed by atoms with van der Waals surface area (Å²) in [6, 6.07) is 21.1. The molecule has 0 atom stereocenters. The fourth-order valence-corrected chi connectivity index (χ4v) is 4.45. The number of hydrogen-bond donors (Lipinski definition) is 1. The normalized spacial score (nSPS) is 13.2. The third-order valence-electron chi connectivity index (χ3n) is 4.87. The van der Waals surface area contributed by atoms with Gasteiger partial charge in [0.15, 0.2) is 0 Å². The zero-order valence-corrected chi connectivity index (χ0v) is 16.2. The summed E-state index contributed by atoms with van der Waals surface area (Å²) in [5.74, 6) is -0.216. The van der Waals surface area contributed by atoms with Gasteiger partial charge >= 0.3 is 0 Å². The highest BCUT2D eigenvalue weighted by Gasteiger charge is 2.27. The summed E-state index contributed by atoms with van der Waals surface area (Å²) in [6.07, 6.45) is 0.791. The van der Waals surface area contributed by atoms with Crippen molar-refractivity contribution in [2.75, 3.05) is 16.2 Å². The lowest BCUT2D eigenvalue weighted by Crippen LogP contribution is -2.30. The van der Waals surface area contributed by atoms with Gasteiger partial charge in [0.25, 0.3) is 15.9 Å². The van der Waals surface area contributed by atoms with Crippen LogP contribution >= 0.6 is 0 Å². The van der Waals surface area contributed by atoms with Crippen LogP contribution in [0.15, 0.2) is 77.7 Å². The number of carbonyl (C=O) groups excluding carboxylic acids is 1. The Morgan fingerprint density at radius 2 is 1.61 bits per heavy atom. The fraction of sp³-hybridized carbons (Fsp3) is 0.136. The first-order chi connectivity index (χ1) is 13.5. The summed E-state index contributed by atoms with van der Waals surface area (Å²) in [7, 11) is -3.79. The topological polar surface area (TPSA) is 66.5 Å². The fourth-order valence-electron chi connectivity index (χ4n) is 3.37. The maximum atomic E-state index is 13.2. The zero-order valence-electron chi connectivity index (χ0n) is 15.4. The molecule has 3 aromatic carbocycles.